The Hall–Kier alpha value is -2.61. The van der Waals surface area contributed by atoms with E-state index < -0.39 is 5.72 Å². The summed E-state index contributed by atoms with van der Waals surface area (Å²) >= 11 is 0. The second-order valence-corrected chi connectivity index (χ2v) is 5.58. The van der Waals surface area contributed by atoms with E-state index >= 15 is 0 Å². The van der Waals surface area contributed by atoms with Crippen molar-refractivity contribution in [2.24, 2.45) is 5.73 Å². The zero-order valence-corrected chi connectivity index (χ0v) is 12.2. The third-order valence-electron chi connectivity index (χ3n) is 3.67. The second kappa shape index (κ2) is 4.45. The highest BCUT2D eigenvalue weighted by Gasteiger charge is 2.46. The van der Waals surface area contributed by atoms with Crippen LogP contribution in [-0.4, -0.2) is 5.72 Å². The van der Waals surface area contributed by atoms with Crippen LogP contribution in [0.1, 0.15) is 32.3 Å². The van der Waals surface area contributed by atoms with Gasteiger partial charge in [-0.2, -0.15) is 5.26 Å². The number of allylic oxidation sites excluding steroid dienone is 1. The van der Waals surface area contributed by atoms with Gasteiger partial charge in [0.15, 0.2) is 5.57 Å². The van der Waals surface area contributed by atoms with Crippen LogP contribution in [0.5, 0.6) is 5.75 Å². The molecule has 2 heterocycles. The van der Waals surface area contributed by atoms with Gasteiger partial charge in [0.1, 0.15) is 17.6 Å². The molecule has 2 aliphatic rings. The van der Waals surface area contributed by atoms with Gasteiger partial charge in [-0.25, -0.2) is 0 Å². The summed E-state index contributed by atoms with van der Waals surface area (Å²) in [6, 6.07) is 8.06. The molecular formula is C16H17N3O2. The van der Waals surface area contributed by atoms with Gasteiger partial charge in [-0.15, -0.1) is 0 Å². The largest absolute Gasteiger partial charge is 0.457 e. The van der Waals surface area contributed by atoms with E-state index in [1.54, 1.807) is 13.0 Å². The normalized spacial score (nSPS) is 23.1. The first-order valence-corrected chi connectivity index (χ1v) is 6.84. The fourth-order valence-electron chi connectivity index (χ4n) is 2.61. The molecule has 0 bridgehead atoms. The van der Waals surface area contributed by atoms with E-state index in [1.807, 2.05) is 18.2 Å². The van der Waals surface area contributed by atoms with Gasteiger partial charge in [0.05, 0.1) is 5.69 Å². The molecule has 0 saturated carbocycles. The minimum absolute atomic E-state index is 0.0712. The van der Waals surface area contributed by atoms with Crippen molar-refractivity contribution in [3.63, 3.8) is 0 Å². The first kappa shape index (κ1) is 13.4. The minimum atomic E-state index is -1.07. The predicted molar refractivity (Wildman–Crippen MR) is 79.2 cm³/mol. The lowest BCUT2D eigenvalue weighted by atomic mass is 10.0. The highest BCUT2D eigenvalue weighted by Crippen LogP contribution is 2.44. The Kier molecular flexibility index (Phi) is 2.84. The molecule has 3 N–H and O–H groups in total. The molecule has 1 spiro atoms. The highest BCUT2D eigenvalue weighted by molar-refractivity contribution is 5.68. The number of nitrogens with one attached hydrogen (secondary N) is 1. The standard InChI is InChI=1S/C16H17N3O2/c1-9(2)11-4-5-14-13(6-11)19-16(21-14)7-10(3)20-15(18)12(16)8-17/h4-7,9,19H,18H2,1-3H3. The average molecular weight is 283 g/mol. The highest BCUT2D eigenvalue weighted by atomic mass is 16.5. The number of anilines is 1. The Morgan fingerprint density at radius 1 is 1.38 bits per heavy atom. The molecule has 0 radical (unpaired) electrons. The van der Waals surface area contributed by atoms with E-state index in [9.17, 15) is 5.26 Å². The number of nitrogens with zero attached hydrogens (tertiary/aromatic N) is 1. The van der Waals surface area contributed by atoms with E-state index in [2.05, 4.69) is 25.2 Å². The molecule has 108 valence electrons. The van der Waals surface area contributed by atoms with Crippen LogP contribution in [0, 0.1) is 11.3 Å². The van der Waals surface area contributed by atoms with Crippen molar-refractivity contribution in [1.82, 2.24) is 0 Å². The van der Waals surface area contributed by atoms with Crippen LogP contribution in [-0.2, 0) is 4.74 Å². The molecule has 21 heavy (non-hydrogen) atoms. The molecular weight excluding hydrogens is 266 g/mol. The van der Waals surface area contributed by atoms with E-state index in [-0.39, 0.29) is 11.5 Å². The number of hydrogen-bond donors (Lipinski definition) is 2. The van der Waals surface area contributed by atoms with Gasteiger partial charge >= 0.3 is 0 Å². The number of nitriles is 1. The first-order chi connectivity index (χ1) is 9.95. The molecule has 0 aliphatic carbocycles. The van der Waals surface area contributed by atoms with Crippen LogP contribution in [0.25, 0.3) is 0 Å². The SMILES string of the molecule is CC1=CC2(Nc3cc(C(C)C)ccc3O2)C(C#N)=C(N)O1. The summed E-state index contributed by atoms with van der Waals surface area (Å²) in [5, 5.41) is 12.6. The summed E-state index contributed by atoms with van der Waals surface area (Å²) in [7, 11) is 0. The van der Waals surface area contributed by atoms with Crippen molar-refractivity contribution < 1.29 is 9.47 Å². The summed E-state index contributed by atoms with van der Waals surface area (Å²) in [5.41, 5.74) is 7.04. The lowest BCUT2D eigenvalue weighted by Crippen LogP contribution is -2.44. The molecule has 5 nitrogen and oxygen atoms in total. The Balaban J connectivity index is 2.06. The van der Waals surface area contributed by atoms with E-state index in [1.165, 1.54) is 5.56 Å². The summed E-state index contributed by atoms with van der Waals surface area (Å²) in [6.45, 7) is 6.03. The first-order valence-electron chi connectivity index (χ1n) is 6.84. The average Bonchev–Trinajstić information content (AvgIpc) is 2.74. The number of benzene rings is 1. The summed E-state index contributed by atoms with van der Waals surface area (Å²) in [4.78, 5) is 0. The van der Waals surface area contributed by atoms with Crippen molar-refractivity contribution in [3.8, 4) is 11.8 Å². The fraction of sp³-hybridized carbons (Fsp3) is 0.312. The summed E-state index contributed by atoms with van der Waals surface area (Å²) in [6.07, 6.45) is 1.73. The molecule has 3 rings (SSSR count). The van der Waals surface area contributed by atoms with Crippen molar-refractivity contribution in [1.29, 1.82) is 5.26 Å². The summed E-state index contributed by atoms with van der Waals surface area (Å²) < 4.78 is 11.3. The molecule has 5 heteroatoms. The summed E-state index contributed by atoms with van der Waals surface area (Å²) in [5.74, 6) is 1.78. The molecule has 0 amide bonds. The zero-order chi connectivity index (χ0) is 15.2. The molecule has 1 aromatic rings. The number of ether oxygens (including phenoxy) is 2. The van der Waals surface area contributed by atoms with Crippen molar-refractivity contribution in [2.75, 3.05) is 5.32 Å². The number of nitrogens with two attached hydrogens (primary N) is 1. The molecule has 1 atom stereocenters. The van der Waals surface area contributed by atoms with Gasteiger partial charge in [-0.3, -0.25) is 0 Å². The molecule has 1 aromatic carbocycles. The zero-order valence-electron chi connectivity index (χ0n) is 12.2. The van der Waals surface area contributed by atoms with Gasteiger partial charge in [-0.1, -0.05) is 19.9 Å². The number of hydrogen-bond acceptors (Lipinski definition) is 5. The monoisotopic (exact) mass is 283 g/mol. The van der Waals surface area contributed by atoms with Crippen LogP contribution in [0.15, 0.2) is 41.5 Å². The topological polar surface area (TPSA) is 80.3 Å². The van der Waals surface area contributed by atoms with Crippen LogP contribution >= 0.6 is 0 Å². The third-order valence-corrected chi connectivity index (χ3v) is 3.67. The smallest absolute Gasteiger partial charge is 0.245 e. The Labute approximate surface area is 123 Å². The maximum atomic E-state index is 9.38. The molecule has 1 unspecified atom stereocenters. The van der Waals surface area contributed by atoms with Crippen LogP contribution in [0.2, 0.25) is 0 Å². The van der Waals surface area contributed by atoms with Crippen LogP contribution in [0.4, 0.5) is 5.69 Å². The number of fused-ring (bicyclic) bond motifs is 1. The quantitative estimate of drug-likeness (QED) is 0.828. The predicted octanol–water partition coefficient (Wildman–Crippen LogP) is 2.94. The van der Waals surface area contributed by atoms with E-state index in [0.29, 0.717) is 17.4 Å². The maximum absolute atomic E-state index is 9.38. The van der Waals surface area contributed by atoms with Gasteiger partial charge in [0.2, 0.25) is 11.6 Å². The third kappa shape index (κ3) is 2.00. The molecule has 0 fully saturated rings. The number of rotatable bonds is 1. The fourth-order valence-corrected chi connectivity index (χ4v) is 2.61. The maximum Gasteiger partial charge on any atom is 0.245 e. The van der Waals surface area contributed by atoms with Gasteiger partial charge in [0.25, 0.3) is 0 Å². The lowest BCUT2D eigenvalue weighted by Gasteiger charge is -2.30. The molecule has 0 saturated heterocycles. The van der Waals surface area contributed by atoms with Crippen molar-refractivity contribution in [2.45, 2.75) is 32.4 Å². The molecule has 0 aromatic heterocycles. The molecule has 2 aliphatic heterocycles. The minimum Gasteiger partial charge on any atom is -0.457 e. The van der Waals surface area contributed by atoms with Crippen molar-refractivity contribution in [3.05, 3.63) is 47.1 Å². The van der Waals surface area contributed by atoms with E-state index in [4.69, 9.17) is 15.2 Å². The lowest BCUT2D eigenvalue weighted by molar-refractivity contribution is 0.175. The van der Waals surface area contributed by atoms with Gasteiger partial charge in [-0.05, 0) is 30.5 Å². The Bertz CT molecular complexity index is 713. The Morgan fingerprint density at radius 3 is 2.81 bits per heavy atom. The van der Waals surface area contributed by atoms with Crippen LogP contribution in [0.3, 0.4) is 0 Å². The van der Waals surface area contributed by atoms with E-state index in [0.717, 1.165) is 5.69 Å². The van der Waals surface area contributed by atoms with Gasteiger partial charge in [0, 0.05) is 6.08 Å². The van der Waals surface area contributed by atoms with Gasteiger partial charge < -0.3 is 20.5 Å². The van der Waals surface area contributed by atoms with Crippen molar-refractivity contribution >= 4 is 5.69 Å². The Morgan fingerprint density at radius 2 is 2.14 bits per heavy atom. The second-order valence-electron chi connectivity index (χ2n) is 5.58. The van der Waals surface area contributed by atoms with Crippen LogP contribution < -0.4 is 15.8 Å².